The maximum Gasteiger partial charge on any atom is 0.271 e. The van der Waals surface area contributed by atoms with Gasteiger partial charge in [0.2, 0.25) is 0 Å². The molecule has 1 aromatic heterocycles. The first-order valence-corrected chi connectivity index (χ1v) is 7.69. The Hall–Kier alpha value is -1.69. The molecule has 0 aromatic carbocycles. The maximum atomic E-state index is 11.6. The number of piperazine rings is 1. The molecule has 0 atom stereocenters. The lowest BCUT2D eigenvalue weighted by molar-refractivity contribution is 0.0950. The Labute approximate surface area is 126 Å². The molecule has 1 aliphatic heterocycles. The standard InChI is InChI=1S/C15H25N5O/c1-4-16-15(21)13-5-6-14(18-17-13)20-9-7-19(8-10-20)11-12(2)3/h5-6,12H,4,7-11H2,1-3H3,(H,16,21). The second-order valence-corrected chi connectivity index (χ2v) is 5.82. The molecule has 2 rings (SSSR count). The molecule has 0 bridgehead atoms. The molecule has 116 valence electrons. The predicted octanol–water partition coefficient (Wildman–Crippen LogP) is 1.00. The van der Waals surface area contributed by atoms with Gasteiger partial charge in [-0.25, -0.2) is 0 Å². The summed E-state index contributed by atoms with van der Waals surface area (Å²) >= 11 is 0. The van der Waals surface area contributed by atoms with Crippen LogP contribution in [0.15, 0.2) is 12.1 Å². The third kappa shape index (κ3) is 4.39. The number of carbonyl (C=O) groups is 1. The monoisotopic (exact) mass is 291 g/mol. The molecule has 1 aromatic rings. The molecule has 0 radical (unpaired) electrons. The van der Waals surface area contributed by atoms with E-state index in [0.29, 0.717) is 18.2 Å². The fraction of sp³-hybridized carbons (Fsp3) is 0.667. The van der Waals surface area contributed by atoms with E-state index in [2.05, 4.69) is 39.2 Å². The van der Waals surface area contributed by atoms with Gasteiger partial charge in [-0.15, -0.1) is 10.2 Å². The minimum absolute atomic E-state index is 0.168. The van der Waals surface area contributed by atoms with Gasteiger partial charge >= 0.3 is 0 Å². The Morgan fingerprint density at radius 1 is 1.24 bits per heavy atom. The molecule has 2 heterocycles. The van der Waals surface area contributed by atoms with Crippen LogP contribution >= 0.6 is 0 Å². The van der Waals surface area contributed by atoms with Gasteiger partial charge in [0.05, 0.1) is 0 Å². The van der Waals surface area contributed by atoms with Gasteiger partial charge < -0.3 is 10.2 Å². The average molecular weight is 291 g/mol. The Bertz CT molecular complexity index is 452. The van der Waals surface area contributed by atoms with Gasteiger partial charge in [0, 0.05) is 39.3 Å². The molecule has 21 heavy (non-hydrogen) atoms. The number of carbonyl (C=O) groups excluding carboxylic acids is 1. The summed E-state index contributed by atoms with van der Waals surface area (Å²) in [6.07, 6.45) is 0. The van der Waals surface area contributed by atoms with Crippen LogP contribution in [0.5, 0.6) is 0 Å². The number of amides is 1. The normalized spacial score (nSPS) is 16.3. The van der Waals surface area contributed by atoms with Gasteiger partial charge in [0.15, 0.2) is 11.5 Å². The van der Waals surface area contributed by atoms with E-state index in [9.17, 15) is 4.79 Å². The molecular formula is C15H25N5O. The molecule has 1 saturated heterocycles. The third-order valence-electron chi connectivity index (χ3n) is 3.54. The summed E-state index contributed by atoms with van der Waals surface area (Å²) in [4.78, 5) is 16.4. The van der Waals surface area contributed by atoms with Gasteiger partial charge in [-0.3, -0.25) is 9.69 Å². The van der Waals surface area contributed by atoms with E-state index < -0.39 is 0 Å². The molecule has 1 N–H and O–H groups in total. The lowest BCUT2D eigenvalue weighted by atomic mass is 10.2. The topological polar surface area (TPSA) is 61.4 Å². The molecule has 0 aliphatic carbocycles. The SMILES string of the molecule is CCNC(=O)c1ccc(N2CCN(CC(C)C)CC2)nn1. The largest absolute Gasteiger partial charge is 0.353 e. The van der Waals surface area contributed by atoms with Crippen LogP contribution in [0.25, 0.3) is 0 Å². The van der Waals surface area contributed by atoms with Gasteiger partial charge in [-0.1, -0.05) is 13.8 Å². The van der Waals surface area contributed by atoms with Crippen molar-refractivity contribution in [3.05, 3.63) is 17.8 Å². The number of rotatable bonds is 5. The molecule has 6 heteroatoms. The van der Waals surface area contributed by atoms with Crippen LogP contribution in [0.2, 0.25) is 0 Å². The number of aromatic nitrogens is 2. The van der Waals surface area contributed by atoms with Crippen LogP contribution in [-0.2, 0) is 0 Å². The van der Waals surface area contributed by atoms with Crippen LogP contribution < -0.4 is 10.2 Å². The van der Waals surface area contributed by atoms with E-state index in [-0.39, 0.29) is 5.91 Å². The van der Waals surface area contributed by atoms with E-state index in [1.54, 1.807) is 6.07 Å². The van der Waals surface area contributed by atoms with Crippen molar-refractivity contribution in [2.75, 3.05) is 44.2 Å². The molecule has 1 aliphatic rings. The third-order valence-corrected chi connectivity index (χ3v) is 3.54. The molecule has 1 amide bonds. The van der Waals surface area contributed by atoms with E-state index in [1.165, 1.54) is 0 Å². The van der Waals surface area contributed by atoms with Crippen LogP contribution in [0.4, 0.5) is 5.82 Å². The molecular weight excluding hydrogens is 266 g/mol. The number of anilines is 1. The van der Waals surface area contributed by atoms with Crippen molar-refractivity contribution in [1.82, 2.24) is 20.4 Å². The first kappa shape index (κ1) is 15.7. The Morgan fingerprint density at radius 2 is 1.95 bits per heavy atom. The smallest absolute Gasteiger partial charge is 0.271 e. The highest BCUT2D eigenvalue weighted by Crippen LogP contribution is 2.13. The van der Waals surface area contributed by atoms with Crippen LogP contribution in [0, 0.1) is 5.92 Å². The second kappa shape index (κ2) is 7.36. The Morgan fingerprint density at radius 3 is 2.48 bits per heavy atom. The molecule has 0 spiro atoms. The molecule has 1 fully saturated rings. The van der Waals surface area contributed by atoms with Crippen molar-refractivity contribution >= 4 is 11.7 Å². The summed E-state index contributed by atoms with van der Waals surface area (Å²) in [5, 5.41) is 10.9. The van der Waals surface area contributed by atoms with E-state index in [4.69, 9.17) is 0 Å². The van der Waals surface area contributed by atoms with Crippen molar-refractivity contribution in [3.63, 3.8) is 0 Å². The van der Waals surface area contributed by atoms with E-state index in [1.807, 2.05) is 13.0 Å². The number of hydrogen-bond acceptors (Lipinski definition) is 5. The number of hydrogen-bond donors (Lipinski definition) is 1. The van der Waals surface area contributed by atoms with Crippen molar-refractivity contribution in [2.24, 2.45) is 5.92 Å². The van der Waals surface area contributed by atoms with Crippen molar-refractivity contribution in [3.8, 4) is 0 Å². The van der Waals surface area contributed by atoms with Crippen LogP contribution in [0.3, 0.4) is 0 Å². The first-order valence-electron chi connectivity index (χ1n) is 7.69. The highest BCUT2D eigenvalue weighted by molar-refractivity contribution is 5.92. The van der Waals surface area contributed by atoms with Gasteiger partial charge in [-0.05, 0) is 25.0 Å². The van der Waals surface area contributed by atoms with Gasteiger partial charge in [0.25, 0.3) is 5.91 Å². The molecule has 0 saturated carbocycles. The lowest BCUT2D eigenvalue weighted by Gasteiger charge is -2.35. The molecule has 6 nitrogen and oxygen atoms in total. The maximum absolute atomic E-state index is 11.6. The predicted molar refractivity (Wildman–Crippen MR) is 83.5 cm³/mol. The Kier molecular flexibility index (Phi) is 5.50. The van der Waals surface area contributed by atoms with Crippen LogP contribution in [-0.4, -0.2) is 60.3 Å². The fourth-order valence-corrected chi connectivity index (χ4v) is 2.54. The Balaban J connectivity index is 1.90. The zero-order valence-electron chi connectivity index (χ0n) is 13.2. The summed E-state index contributed by atoms with van der Waals surface area (Å²) in [5.74, 6) is 1.39. The van der Waals surface area contributed by atoms with E-state index >= 15 is 0 Å². The average Bonchev–Trinajstić information content (AvgIpc) is 2.48. The lowest BCUT2D eigenvalue weighted by Crippen LogP contribution is -2.47. The fourth-order valence-electron chi connectivity index (χ4n) is 2.54. The minimum Gasteiger partial charge on any atom is -0.353 e. The number of nitrogens with zero attached hydrogens (tertiary/aromatic N) is 4. The van der Waals surface area contributed by atoms with Crippen molar-refractivity contribution in [1.29, 1.82) is 0 Å². The van der Waals surface area contributed by atoms with Gasteiger partial charge in [0.1, 0.15) is 0 Å². The first-order chi connectivity index (χ1) is 10.1. The summed E-state index contributed by atoms with van der Waals surface area (Å²) in [7, 11) is 0. The summed E-state index contributed by atoms with van der Waals surface area (Å²) in [5.41, 5.74) is 0.374. The highest BCUT2D eigenvalue weighted by atomic mass is 16.1. The van der Waals surface area contributed by atoms with Gasteiger partial charge in [-0.2, -0.15) is 0 Å². The number of nitrogens with one attached hydrogen (secondary N) is 1. The summed E-state index contributed by atoms with van der Waals surface area (Å²) in [6.45, 7) is 12.2. The quantitative estimate of drug-likeness (QED) is 0.877. The highest BCUT2D eigenvalue weighted by Gasteiger charge is 2.19. The zero-order valence-corrected chi connectivity index (χ0v) is 13.2. The second-order valence-electron chi connectivity index (χ2n) is 5.82. The summed E-state index contributed by atoms with van der Waals surface area (Å²) < 4.78 is 0. The minimum atomic E-state index is -0.168. The zero-order chi connectivity index (χ0) is 15.2. The van der Waals surface area contributed by atoms with Crippen molar-refractivity contribution in [2.45, 2.75) is 20.8 Å². The van der Waals surface area contributed by atoms with Crippen LogP contribution in [0.1, 0.15) is 31.3 Å². The summed E-state index contributed by atoms with van der Waals surface area (Å²) in [6, 6.07) is 3.63. The van der Waals surface area contributed by atoms with Crippen molar-refractivity contribution < 1.29 is 4.79 Å². The molecule has 0 unspecified atom stereocenters. The van der Waals surface area contributed by atoms with E-state index in [0.717, 1.165) is 38.5 Å².